The lowest BCUT2D eigenvalue weighted by atomic mass is 9.88. The molecule has 2 aliphatic rings. The minimum Gasteiger partial charge on any atom is -0.487 e. The molecule has 26 heavy (non-hydrogen) atoms. The van der Waals surface area contributed by atoms with E-state index in [0.717, 1.165) is 36.1 Å². The van der Waals surface area contributed by atoms with Gasteiger partial charge >= 0.3 is 0 Å². The molecule has 0 unspecified atom stereocenters. The summed E-state index contributed by atoms with van der Waals surface area (Å²) >= 11 is 0. The number of aryl methyl sites for hydroxylation is 3. The molecule has 1 aliphatic heterocycles. The quantitative estimate of drug-likeness (QED) is 0.837. The number of benzene rings is 2. The maximum atomic E-state index is 13.0. The molecular formula is C23H27NO2. The highest BCUT2D eigenvalue weighted by molar-refractivity contribution is 5.94. The van der Waals surface area contributed by atoms with Crippen molar-refractivity contribution < 1.29 is 9.53 Å². The summed E-state index contributed by atoms with van der Waals surface area (Å²) in [5, 5.41) is 3.26. The van der Waals surface area contributed by atoms with Crippen LogP contribution in [0.1, 0.15) is 71.8 Å². The van der Waals surface area contributed by atoms with Crippen LogP contribution in [0.15, 0.2) is 36.4 Å². The highest BCUT2D eigenvalue weighted by Gasteiger charge is 2.34. The van der Waals surface area contributed by atoms with E-state index >= 15 is 0 Å². The summed E-state index contributed by atoms with van der Waals surface area (Å²) in [6.45, 7) is 6.23. The highest BCUT2D eigenvalue weighted by Crippen LogP contribution is 2.40. The fourth-order valence-corrected chi connectivity index (χ4v) is 4.22. The van der Waals surface area contributed by atoms with Crippen molar-refractivity contribution in [2.45, 2.75) is 64.5 Å². The Balaban J connectivity index is 1.60. The lowest BCUT2D eigenvalue weighted by molar-refractivity contribution is 0.0619. The van der Waals surface area contributed by atoms with Gasteiger partial charge in [0.25, 0.3) is 5.91 Å². The normalized spacial score (nSPS) is 20.5. The summed E-state index contributed by atoms with van der Waals surface area (Å²) in [7, 11) is 0. The van der Waals surface area contributed by atoms with Gasteiger partial charge in [0.05, 0.1) is 6.04 Å². The lowest BCUT2D eigenvalue weighted by Gasteiger charge is -2.38. The highest BCUT2D eigenvalue weighted by atomic mass is 16.5. The fraction of sp³-hybridized carbons (Fsp3) is 0.435. The van der Waals surface area contributed by atoms with Gasteiger partial charge in [0.1, 0.15) is 11.4 Å². The van der Waals surface area contributed by atoms with Gasteiger partial charge in [0, 0.05) is 17.5 Å². The van der Waals surface area contributed by atoms with Crippen LogP contribution in [0, 0.1) is 6.92 Å². The van der Waals surface area contributed by atoms with E-state index in [2.05, 4.69) is 50.4 Å². The molecule has 0 saturated heterocycles. The summed E-state index contributed by atoms with van der Waals surface area (Å²) in [5.41, 5.74) is 5.48. The van der Waals surface area contributed by atoms with Crippen molar-refractivity contribution in [3.05, 3.63) is 64.2 Å². The third-order valence-electron chi connectivity index (χ3n) is 5.54. The number of amides is 1. The van der Waals surface area contributed by atoms with Crippen LogP contribution in [0.25, 0.3) is 0 Å². The van der Waals surface area contributed by atoms with Crippen LogP contribution in [0.2, 0.25) is 0 Å². The maximum absolute atomic E-state index is 13.0. The zero-order valence-electron chi connectivity index (χ0n) is 15.9. The molecule has 4 rings (SSSR count). The minimum absolute atomic E-state index is 0.00790. The largest absolute Gasteiger partial charge is 0.487 e. The molecule has 0 spiro atoms. The van der Waals surface area contributed by atoms with E-state index < -0.39 is 0 Å². The third-order valence-corrected chi connectivity index (χ3v) is 5.54. The summed E-state index contributed by atoms with van der Waals surface area (Å²) in [5.74, 6) is 0.885. The van der Waals surface area contributed by atoms with Gasteiger partial charge in [-0.3, -0.25) is 4.79 Å². The van der Waals surface area contributed by atoms with Crippen LogP contribution >= 0.6 is 0 Å². The lowest BCUT2D eigenvalue weighted by Crippen LogP contribution is -2.41. The Morgan fingerprint density at radius 1 is 1.08 bits per heavy atom. The molecule has 1 aliphatic carbocycles. The Kier molecular flexibility index (Phi) is 4.26. The number of carbonyl (C=O) groups excluding carboxylic acids is 1. The number of fused-ring (bicyclic) bond motifs is 2. The molecule has 1 N–H and O–H groups in total. The first-order chi connectivity index (χ1) is 12.4. The fourth-order valence-electron chi connectivity index (χ4n) is 4.22. The van der Waals surface area contributed by atoms with Gasteiger partial charge in [-0.2, -0.15) is 0 Å². The standard InChI is InChI=1S/C23H27NO2/c1-15-8-11-21-19(12-15)20(14-23(2,3)26-21)24-22(25)18-10-9-16-6-4-5-7-17(16)13-18/h8-13,20H,4-7,14H2,1-3H3,(H,24,25)/t20-/m1/s1. The van der Waals surface area contributed by atoms with E-state index in [9.17, 15) is 4.79 Å². The summed E-state index contributed by atoms with van der Waals surface area (Å²) in [6, 6.07) is 12.4. The molecule has 2 aromatic rings. The molecule has 1 amide bonds. The molecule has 0 fully saturated rings. The molecule has 1 heterocycles. The van der Waals surface area contributed by atoms with Crippen molar-refractivity contribution in [1.29, 1.82) is 0 Å². The number of ether oxygens (including phenoxy) is 1. The summed E-state index contributed by atoms with van der Waals surface area (Å²) < 4.78 is 6.11. The molecular weight excluding hydrogens is 322 g/mol. The topological polar surface area (TPSA) is 38.3 Å². The van der Waals surface area contributed by atoms with Crippen LogP contribution < -0.4 is 10.1 Å². The van der Waals surface area contributed by atoms with Crippen molar-refractivity contribution in [3.63, 3.8) is 0 Å². The van der Waals surface area contributed by atoms with Gasteiger partial charge < -0.3 is 10.1 Å². The Labute approximate surface area is 155 Å². The molecule has 0 aromatic heterocycles. The van der Waals surface area contributed by atoms with Gasteiger partial charge in [-0.25, -0.2) is 0 Å². The molecule has 0 bridgehead atoms. The number of carbonyl (C=O) groups is 1. The second-order valence-corrected chi connectivity index (χ2v) is 8.32. The number of hydrogen-bond acceptors (Lipinski definition) is 2. The van der Waals surface area contributed by atoms with E-state index in [-0.39, 0.29) is 17.6 Å². The van der Waals surface area contributed by atoms with Gasteiger partial charge in [-0.1, -0.05) is 23.8 Å². The molecule has 0 saturated carbocycles. The number of nitrogens with one attached hydrogen (secondary N) is 1. The van der Waals surface area contributed by atoms with E-state index in [4.69, 9.17) is 4.74 Å². The van der Waals surface area contributed by atoms with Gasteiger partial charge in [-0.15, -0.1) is 0 Å². The average Bonchev–Trinajstić information content (AvgIpc) is 2.61. The van der Waals surface area contributed by atoms with Gasteiger partial charge in [0.2, 0.25) is 0 Å². The van der Waals surface area contributed by atoms with E-state index in [1.165, 1.54) is 29.5 Å². The van der Waals surface area contributed by atoms with Crippen LogP contribution in [-0.2, 0) is 12.8 Å². The Hall–Kier alpha value is -2.29. The second-order valence-electron chi connectivity index (χ2n) is 8.32. The Bertz CT molecular complexity index is 853. The first kappa shape index (κ1) is 17.1. The van der Waals surface area contributed by atoms with Crippen molar-refractivity contribution in [1.82, 2.24) is 5.32 Å². The summed E-state index contributed by atoms with van der Waals surface area (Å²) in [4.78, 5) is 13.0. The van der Waals surface area contributed by atoms with Gasteiger partial charge in [0.15, 0.2) is 0 Å². The first-order valence-corrected chi connectivity index (χ1v) is 9.63. The maximum Gasteiger partial charge on any atom is 0.251 e. The smallest absolute Gasteiger partial charge is 0.251 e. The molecule has 2 aromatic carbocycles. The van der Waals surface area contributed by atoms with Crippen molar-refractivity contribution in [3.8, 4) is 5.75 Å². The Morgan fingerprint density at radius 3 is 2.65 bits per heavy atom. The molecule has 3 nitrogen and oxygen atoms in total. The van der Waals surface area contributed by atoms with Crippen LogP contribution in [0.3, 0.4) is 0 Å². The zero-order valence-corrected chi connectivity index (χ0v) is 15.9. The molecule has 3 heteroatoms. The van der Waals surface area contributed by atoms with Crippen molar-refractivity contribution in [2.24, 2.45) is 0 Å². The van der Waals surface area contributed by atoms with Crippen LogP contribution in [0.5, 0.6) is 5.75 Å². The third kappa shape index (κ3) is 3.35. The predicted octanol–water partition coefficient (Wildman–Crippen LogP) is 4.91. The monoisotopic (exact) mass is 349 g/mol. The Morgan fingerprint density at radius 2 is 1.85 bits per heavy atom. The van der Waals surface area contributed by atoms with Crippen LogP contribution in [-0.4, -0.2) is 11.5 Å². The number of rotatable bonds is 2. The molecule has 0 radical (unpaired) electrons. The average molecular weight is 349 g/mol. The van der Waals surface area contributed by atoms with E-state index in [0.29, 0.717) is 0 Å². The first-order valence-electron chi connectivity index (χ1n) is 9.63. The zero-order chi connectivity index (χ0) is 18.3. The van der Waals surface area contributed by atoms with E-state index in [1.807, 2.05) is 12.1 Å². The van der Waals surface area contributed by atoms with Gasteiger partial charge in [-0.05, 0) is 75.8 Å². The van der Waals surface area contributed by atoms with Crippen molar-refractivity contribution in [2.75, 3.05) is 0 Å². The number of hydrogen-bond donors (Lipinski definition) is 1. The van der Waals surface area contributed by atoms with Crippen molar-refractivity contribution >= 4 is 5.91 Å². The minimum atomic E-state index is -0.296. The molecule has 136 valence electrons. The second kappa shape index (κ2) is 6.46. The SMILES string of the molecule is Cc1ccc2c(c1)[C@H](NC(=O)c1ccc3c(c1)CCCC3)CC(C)(C)O2. The molecule has 1 atom stereocenters. The predicted molar refractivity (Wildman–Crippen MR) is 104 cm³/mol. The summed E-state index contributed by atoms with van der Waals surface area (Å²) in [6.07, 6.45) is 5.46. The van der Waals surface area contributed by atoms with Crippen LogP contribution in [0.4, 0.5) is 0 Å². The van der Waals surface area contributed by atoms with E-state index in [1.54, 1.807) is 0 Å².